The second kappa shape index (κ2) is 10.3. The normalized spacial score (nSPS) is 10.7. The van der Waals surface area contributed by atoms with Gasteiger partial charge < -0.3 is 14.7 Å². The molecule has 0 fully saturated rings. The van der Waals surface area contributed by atoms with Gasteiger partial charge in [0, 0.05) is 23.1 Å². The zero-order valence-electron chi connectivity index (χ0n) is 18.6. The van der Waals surface area contributed by atoms with Crippen molar-refractivity contribution in [3.8, 4) is 0 Å². The van der Waals surface area contributed by atoms with E-state index in [4.69, 9.17) is 4.52 Å². The van der Waals surface area contributed by atoms with E-state index in [-0.39, 0.29) is 24.1 Å². The third-order valence-electron chi connectivity index (χ3n) is 5.22. The van der Waals surface area contributed by atoms with Gasteiger partial charge in [-0.25, -0.2) is 0 Å². The van der Waals surface area contributed by atoms with Gasteiger partial charge >= 0.3 is 0 Å². The summed E-state index contributed by atoms with van der Waals surface area (Å²) in [6, 6.07) is 21.0. The SMILES string of the molecule is Cc1ccc(CNC(=O)c2cc(CN(Cc3cccs3)C(=O)c3ccc(C)cc3)on2)cc1. The quantitative estimate of drug-likeness (QED) is 0.397. The topological polar surface area (TPSA) is 75.4 Å². The average molecular weight is 460 g/mol. The Morgan fingerprint density at radius 2 is 1.67 bits per heavy atom. The smallest absolute Gasteiger partial charge is 0.273 e. The van der Waals surface area contributed by atoms with Crippen molar-refractivity contribution in [2.24, 2.45) is 0 Å². The van der Waals surface area contributed by atoms with E-state index in [2.05, 4.69) is 10.5 Å². The lowest BCUT2D eigenvalue weighted by atomic mass is 10.1. The van der Waals surface area contributed by atoms with Crippen molar-refractivity contribution < 1.29 is 14.1 Å². The number of aryl methyl sites for hydroxylation is 2. The molecular formula is C26H25N3O3S. The number of hydrogen-bond donors (Lipinski definition) is 1. The van der Waals surface area contributed by atoms with Crippen LogP contribution in [-0.2, 0) is 19.6 Å². The summed E-state index contributed by atoms with van der Waals surface area (Å²) in [4.78, 5) is 28.5. The Morgan fingerprint density at radius 3 is 2.33 bits per heavy atom. The maximum atomic E-state index is 13.2. The number of aromatic nitrogens is 1. The Bertz CT molecular complexity index is 1210. The molecule has 0 atom stereocenters. The molecular weight excluding hydrogens is 434 g/mol. The number of thiophene rings is 1. The largest absolute Gasteiger partial charge is 0.359 e. The zero-order valence-corrected chi connectivity index (χ0v) is 19.4. The Kier molecular flexibility index (Phi) is 7.00. The number of benzene rings is 2. The fourth-order valence-corrected chi connectivity index (χ4v) is 4.05. The van der Waals surface area contributed by atoms with Crippen LogP contribution in [0.15, 0.2) is 76.6 Å². The van der Waals surface area contributed by atoms with Crippen LogP contribution in [-0.4, -0.2) is 21.9 Å². The fraction of sp³-hybridized carbons (Fsp3) is 0.192. The molecule has 2 aromatic carbocycles. The van der Waals surface area contributed by atoms with E-state index < -0.39 is 0 Å². The standard InChI is InChI=1S/C26H25N3O3S/c1-18-5-9-20(10-6-18)15-27-25(30)24-14-22(32-28-24)16-29(17-23-4-3-13-33-23)26(31)21-11-7-19(2)8-12-21/h3-14H,15-17H2,1-2H3,(H,27,30). The second-order valence-electron chi connectivity index (χ2n) is 7.95. The minimum Gasteiger partial charge on any atom is -0.359 e. The van der Waals surface area contributed by atoms with Crippen molar-refractivity contribution in [3.05, 3.63) is 111 Å². The van der Waals surface area contributed by atoms with Gasteiger partial charge in [0.05, 0.1) is 13.1 Å². The molecule has 0 radical (unpaired) electrons. The minimum atomic E-state index is -0.319. The second-order valence-corrected chi connectivity index (χ2v) is 8.99. The molecule has 0 unspecified atom stereocenters. The number of hydrogen-bond acceptors (Lipinski definition) is 5. The number of rotatable bonds is 8. The van der Waals surface area contributed by atoms with E-state index in [0.717, 1.165) is 16.0 Å². The summed E-state index contributed by atoms with van der Waals surface area (Å²) in [5.74, 6) is 0.0259. The van der Waals surface area contributed by atoms with Gasteiger partial charge in [0.15, 0.2) is 11.5 Å². The third kappa shape index (κ3) is 5.96. The third-order valence-corrected chi connectivity index (χ3v) is 6.09. The Balaban J connectivity index is 1.44. The molecule has 33 heavy (non-hydrogen) atoms. The average Bonchev–Trinajstić information content (AvgIpc) is 3.50. The Labute approximate surface area is 196 Å². The maximum Gasteiger partial charge on any atom is 0.273 e. The van der Waals surface area contributed by atoms with Gasteiger partial charge in [0.1, 0.15) is 0 Å². The van der Waals surface area contributed by atoms with E-state index in [1.165, 1.54) is 5.56 Å². The van der Waals surface area contributed by atoms with Crippen LogP contribution in [0.4, 0.5) is 0 Å². The lowest BCUT2D eigenvalue weighted by Gasteiger charge is -2.21. The predicted molar refractivity (Wildman–Crippen MR) is 128 cm³/mol. The summed E-state index contributed by atoms with van der Waals surface area (Å²) in [7, 11) is 0. The zero-order chi connectivity index (χ0) is 23.2. The molecule has 0 aliphatic carbocycles. The van der Waals surface area contributed by atoms with Crippen LogP contribution in [0.5, 0.6) is 0 Å². The van der Waals surface area contributed by atoms with Gasteiger partial charge in [-0.15, -0.1) is 11.3 Å². The van der Waals surface area contributed by atoms with Crippen LogP contribution < -0.4 is 5.32 Å². The highest BCUT2D eigenvalue weighted by Gasteiger charge is 2.20. The van der Waals surface area contributed by atoms with Crippen molar-refractivity contribution in [2.75, 3.05) is 0 Å². The number of nitrogens with one attached hydrogen (secondary N) is 1. The predicted octanol–water partition coefficient (Wildman–Crippen LogP) is 5.13. The highest BCUT2D eigenvalue weighted by Crippen LogP contribution is 2.18. The Hall–Kier alpha value is -3.71. The highest BCUT2D eigenvalue weighted by atomic mass is 32.1. The first-order valence-electron chi connectivity index (χ1n) is 10.7. The van der Waals surface area contributed by atoms with Crippen LogP contribution in [0.1, 0.15) is 48.2 Å². The van der Waals surface area contributed by atoms with Crippen LogP contribution >= 0.6 is 11.3 Å². The van der Waals surface area contributed by atoms with E-state index >= 15 is 0 Å². The molecule has 2 amide bonds. The lowest BCUT2D eigenvalue weighted by molar-refractivity contribution is 0.0715. The molecule has 4 aromatic rings. The van der Waals surface area contributed by atoms with Crippen molar-refractivity contribution in [1.82, 2.24) is 15.4 Å². The van der Waals surface area contributed by atoms with E-state index in [1.54, 1.807) is 22.3 Å². The molecule has 7 heteroatoms. The van der Waals surface area contributed by atoms with Crippen molar-refractivity contribution in [3.63, 3.8) is 0 Å². The summed E-state index contributed by atoms with van der Waals surface area (Å²) in [6.45, 7) is 5.06. The highest BCUT2D eigenvalue weighted by molar-refractivity contribution is 7.09. The van der Waals surface area contributed by atoms with Gasteiger partial charge in [-0.1, -0.05) is 58.7 Å². The number of amides is 2. The van der Waals surface area contributed by atoms with E-state index in [9.17, 15) is 9.59 Å². The summed E-state index contributed by atoms with van der Waals surface area (Å²) < 4.78 is 5.41. The molecule has 168 valence electrons. The minimum absolute atomic E-state index is 0.106. The molecule has 0 spiro atoms. The molecule has 0 aliphatic rings. The van der Waals surface area contributed by atoms with Crippen LogP contribution in [0, 0.1) is 13.8 Å². The van der Waals surface area contributed by atoms with Crippen molar-refractivity contribution in [2.45, 2.75) is 33.5 Å². The monoisotopic (exact) mass is 459 g/mol. The van der Waals surface area contributed by atoms with E-state index in [1.807, 2.05) is 79.9 Å². The molecule has 0 saturated carbocycles. The van der Waals surface area contributed by atoms with Gasteiger partial charge in [0.25, 0.3) is 11.8 Å². The number of carbonyl (C=O) groups excluding carboxylic acids is 2. The summed E-state index contributed by atoms with van der Waals surface area (Å²) in [5, 5.41) is 8.75. The summed E-state index contributed by atoms with van der Waals surface area (Å²) in [6.07, 6.45) is 0. The summed E-state index contributed by atoms with van der Waals surface area (Å²) in [5.41, 5.74) is 4.05. The van der Waals surface area contributed by atoms with E-state index in [0.29, 0.717) is 24.4 Å². The van der Waals surface area contributed by atoms with Gasteiger partial charge in [-0.2, -0.15) is 0 Å². The van der Waals surface area contributed by atoms with Crippen LogP contribution in [0.3, 0.4) is 0 Å². The first kappa shape index (κ1) is 22.5. The molecule has 0 aliphatic heterocycles. The fourth-order valence-electron chi connectivity index (χ4n) is 3.33. The van der Waals surface area contributed by atoms with Gasteiger partial charge in [-0.05, 0) is 43.0 Å². The van der Waals surface area contributed by atoms with Gasteiger partial charge in [0.2, 0.25) is 0 Å². The van der Waals surface area contributed by atoms with Crippen LogP contribution in [0.2, 0.25) is 0 Å². The first-order valence-corrected chi connectivity index (χ1v) is 11.5. The molecule has 2 aromatic heterocycles. The maximum absolute atomic E-state index is 13.2. The number of carbonyl (C=O) groups is 2. The van der Waals surface area contributed by atoms with Crippen molar-refractivity contribution in [1.29, 1.82) is 0 Å². The molecule has 4 rings (SSSR count). The lowest BCUT2D eigenvalue weighted by Crippen LogP contribution is -2.29. The van der Waals surface area contributed by atoms with Crippen LogP contribution in [0.25, 0.3) is 0 Å². The molecule has 0 saturated heterocycles. The molecule has 0 bridgehead atoms. The molecule has 1 N–H and O–H groups in total. The molecule has 2 heterocycles. The number of nitrogens with zero attached hydrogens (tertiary/aromatic N) is 2. The first-order chi connectivity index (χ1) is 16.0. The summed E-state index contributed by atoms with van der Waals surface area (Å²) >= 11 is 1.59. The molecule has 6 nitrogen and oxygen atoms in total. The van der Waals surface area contributed by atoms with Crippen molar-refractivity contribution >= 4 is 23.2 Å². The Morgan fingerprint density at radius 1 is 0.970 bits per heavy atom. The van der Waals surface area contributed by atoms with Gasteiger partial charge in [-0.3, -0.25) is 9.59 Å².